The highest BCUT2D eigenvalue weighted by Crippen LogP contribution is 2.41. The van der Waals surface area contributed by atoms with Crippen LogP contribution >= 0.6 is 11.3 Å². The zero-order valence-electron chi connectivity index (χ0n) is 24.7. The van der Waals surface area contributed by atoms with E-state index in [1.807, 2.05) is 20.8 Å². The molecule has 0 unspecified atom stereocenters. The van der Waals surface area contributed by atoms with Gasteiger partial charge in [-0.2, -0.15) is 0 Å². The van der Waals surface area contributed by atoms with Crippen LogP contribution in [0.15, 0.2) is 45.9 Å². The molecule has 2 aromatic heterocycles. The van der Waals surface area contributed by atoms with Crippen LogP contribution in [0, 0.1) is 0 Å². The maximum atomic E-state index is 13.4. The van der Waals surface area contributed by atoms with Crippen LogP contribution in [0.1, 0.15) is 20.8 Å². The monoisotopic (exact) mass is 631 g/mol. The molecular weight excluding hydrogens is 598 g/mol. The van der Waals surface area contributed by atoms with Crippen molar-refractivity contribution in [2.75, 3.05) is 57.1 Å². The van der Waals surface area contributed by atoms with Crippen molar-refractivity contribution < 1.29 is 36.7 Å². The van der Waals surface area contributed by atoms with Crippen molar-refractivity contribution in [2.24, 2.45) is 0 Å². The second kappa shape index (κ2) is 11.8. The number of amides is 1. The minimum absolute atomic E-state index is 0.0472. The molecule has 0 aliphatic carbocycles. The molecule has 1 saturated heterocycles. The van der Waals surface area contributed by atoms with Crippen molar-refractivity contribution in [1.29, 1.82) is 0 Å². The van der Waals surface area contributed by atoms with E-state index in [-0.39, 0.29) is 28.3 Å². The van der Waals surface area contributed by atoms with Crippen molar-refractivity contribution in [1.82, 2.24) is 15.0 Å². The molecule has 43 heavy (non-hydrogen) atoms. The van der Waals surface area contributed by atoms with Gasteiger partial charge in [-0.05, 0) is 45.0 Å². The van der Waals surface area contributed by atoms with Crippen molar-refractivity contribution in [3.8, 4) is 27.8 Å². The van der Waals surface area contributed by atoms with Crippen LogP contribution in [0.25, 0.3) is 21.5 Å². The lowest BCUT2D eigenvalue weighted by molar-refractivity contribution is 0.0241. The number of anilines is 2. The molecule has 0 bridgehead atoms. The number of ether oxygens (including phenoxy) is 4. The molecule has 0 radical (unpaired) electrons. The summed E-state index contributed by atoms with van der Waals surface area (Å²) in [6.45, 7) is 7.92. The summed E-state index contributed by atoms with van der Waals surface area (Å²) in [5.74, 6) is 0.523. The predicted molar refractivity (Wildman–Crippen MR) is 162 cm³/mol. The Balaban J connectivity index is 1.37. The highest BCUT2D eigenvalue weighted by Gasteiger charge is 2.29. The SMILES string of the molecule is COc1cccc(OC)c1S(=O)(=O)Nc1noc2cc(-c3ncc(N4CCN(C(=O)OC(C)(C)C)CC4)s3)cc(OC)c12. The summed E-state index contributed by atoms with van der Waals surface area (Å²) in [7, 11) is 0.0211. The standard InChI is InChI=1S/C28H33N5O8S2/c1-28(2,3)40-27(34)33-12-10-32(11-13-33)22-16-29-26(42-22)17-14-20(39-6)23-21(15-17)41-30-25(23)31-43(35,36)24-18(37-4)8-7-9-19(24)38-5/h7-9,14-16H,10-13H2,1-6H3,(H,30,31). The third-order valence-electron chi connectivity index (χ3n) is 6.62. The van der Waals surface area contributed by atoms with Gasteiger partial charge in [0.1, 0.15) is 38.2 Å². The number of sulfonamides is 1. The molecule has 4 aromatic rings. The van der Waals surface area contributed by atoms with E-state index < -0.39 is 15.6 Å². The number of rotatable bonds is 8. The third kappa shape index (κ3) is 6.27. The molecule has 230 valence electrons. The Bertz CT molecular complexity index is 1720. The Morgan fingerprint density at radius 1 is 1.00 bits per heavy atom. The molecule has 1 aliphatic heterocycles. The van der Waals surface area contributed by atoms with Crippen molar-refractivity contribution in [3.63, 3.8) is 0 Å². The topological polar surface area (TPSA) is 146 Å². The zero-order chi connectivity index (χ0) is 30.9. The third-order valence-corrected chi connectivity index (χ3v) is 9.13. The Kier molecular flexibility index (Phi) is 8.29. The number of hydrogen-bond acceptors (Lipinski definition) is 12. The van der Waals surface area contributed by atoms with Crippen LogP contribution in [0.2, 0.25) is 0 Å². The molecule has 5 rings (SSSR count). The largest absolute Gasteiger partial charge is 0.496 e. The lowest BCUT2D eigenvalue weighted by Crippen LogP contribution is -2.49. The predicted octanol–water partition coefficient (Wildman–Crippen LogP) is 4.84. The van der Waals surface area contributed by atoms with Crippen molar-refractivity contribution >= 4 is 49.2 Å². The average molecular weight is 632 g/mol. The number of hydrogen-bond donors (Lipinski definition) is 1. The summed E-state index contributed by atoms with van der Waals surface area (Å²) in [4.78, 5) is 20.7. The number of nitrogens with one attached hydrogen (secondary N) is 1. The number of methoxy groups -OCH3 is 3. The van der Waals surface area contributed by atoms with Gasteiger partial charge in [-0.3, -0.25) is 4.72 Å². The van der Waals surface area contributed by atoms with Crippen LogP contribution in [0.3, 0.4) is 0 Å². The number of thiazole rings is 1. The normalized spacial score (nSPS) is 14.1. The highest BCUT2D eigenvalue weighted by molar-refractivity contribution is 7.93. The van der Waals surface area contributed by atoms with Crippen molar-refractivity contribution in [3.05, 3.63) is 36.5 Å². The van der Waals surface area contributed by atoms with Crippen LogP contribution < -0.4 is 23.8 Å². The minimum Gasteiger partial charge on any atom is -0.496 e. The summed E-state index contributed by atoms with van der Waals surface area (Å²) < 4.78 is 56.5. The summed E-state index contributed by atoms with van der Waals surface area (Å²) in [6.07, 6.45) is 1.48. The smallest absolute Gasteiger partial charge is 0.410 e. The second-order valence-corrected chi connectivity index (χ2v) is 13.3. The van der Waals surface area contributed by atoms with E-state index in [9.17, 15) is 13.2 Å². The molecule has 1 fully saturated rings. The van der Waals surface area contributed by atoms with E-state index in [0.29, 0.717) is 53.5 Å². The number of carbonyl (C=O) groups excluding carboxylic acids is 1. The number of fused-ring (bicyclic) bond motifs is 1. The van der Waals surface area contributed by atoms with Crippen molar-refractivity contribution in [2.45, 2.75) is 31.3 Å². The molecule has 2 aromatic carbocycles. The van der Waals surface area contributed by atoms with E-state index in [4.69, 9.17) is 23.5 Å². The number of aromatic nitrogens is 2. The molecule has 0 saturated carbocycles. The van der Waals surface area contributed by atoms with Crippen LogP contribution in [0.5, 0.6) is 17.2 Å². The van der Waals surface area contributed by atoms with E-state index in [2.05, 4.69) is 19.8 Å². The fraction of sp³-hybridized carbons (Fsp3) is 0.393. The Morgan fingerprint density at radius 3 is 2.26 bits per heavy atom. The number of carbonyl (C=O) groups is 1. The molecule has 1 amide bonds. The van der Waals surface area contributed by atoms with Crippen LogP contribution in [-0.4, -0.2) is 82.7 Å². The molecule has 15 heteroatoms. The van der Waals surface area contributed by atoms with Crippen LogP contribution in [0.4, 0.5) is 15.6 Å². The molecular formula is C28H33N5O8S2. The molecule has 3 heterocycles. The molecule has 1 N–H and O–H groups in total. The first-order valence-electron chi connectivity index (χ1n) is 13.3. The van der Waals surface area contributed by atoms with Gasteiger partial charge in [0.25, 0.3) is 10.0 Å². The van der Waals surface area contributed by atoms with E-state index in [1.165, 1.54) is 44.8 Å². The van der Waals surface area contributed by atoms with Gasteiger partial charge in [-0.25, -0.2) is 18.2 Å². The summed E-state index contributed by atoms with van der Waals surface area (Å²) >= 11 is 1.49. The molecule has 13 nitrogen and oxygen atoms in total. The minimum atomic E-state index is -4.20. The highest BCUT2D eigenvalue weighted by atomic mass is 32.2. The lowest BCUT2D eigenvalue weighted by Gasteiger charge is -2.35. The zero-order valence-corrected chi connectivity index (χ0v) is 26.3. The van der Waals surface area contributed by atoms with Gasteiger partial charge < -0.3 is 33.3 Å². The Morgan fingerprint density at radius 2 is 1.65 bits per heavy atom. The molecule has 1 aliphatic rings. The first kappa shape index (κ1) is 30.2. The summed E-state index contributed by atoms with van der Waals surface area (Å²) in [5.41, 5.74) is 0.479. The average Bonchev–Trinajstić information content (AvgIpc) is 3.63. The van der Waals surface area contributed by atoms with E-state index >= 15 is 0 Å². The molecule has 0 spiro atoms. The first-order valence-corrected chi connectivity index (χ1v) is 15.6. The van der Waals surface area contributed by atoms with Gasteiger partial charge in [0.05, 0.1) is 27.5 Å². The van der Waals surface area contributed by atoms with Crippen LogP contribution in [-0.2, 0) is 14.8 Å². The lowest BCUT2D eigenvalue weighted by atomic mass is 10.1. The van der Waals surface area contributed by atoms with Gasteiger partial charge in [0, 0.05) is 31.7 Å². The van der Waals surface area contributed by atoms with Gasteiger partial charge in [-0.15, -0.1) is 0 Å². The number of benzene rings is 2. The van der Waals surface area contributed by atoms with E-state index in [1.54, 1.807) is 29.3 Å². The van der Waals surface area contributed by atoms with Gasteiger partial charge in [-0.1, -0.05) is 22.6 Å². The number of nitrogens with zero attached hydrogens (tertiary/aromatic N) is 4. The Hall–Kier alpha value is -4.24. The van der Waals surface area contributed by atoms with Gasteiger partial charge in [0.2, 0.25) is 0 Å². The maximum absolute atomic E-state index is 13.4. The summed E-state index contributed by atoms with van der Waals surface area (Å²) in [6, 6.07) is 8.16. The fourth-order valence-corrected chi connectivity index (χ4v) is 6.92. The Labute approximate surface area is 253 Å². The van der Waals surface area contributed by atoms with Gasteiger partial charge >= 0.3 is 6.09 Å². The summed E-state index contributed by atoms with van der Waals surface area (Å²) in [5, 5.41) is 6.00. The fourth-order valence-electron chi connectivity index (χ4n) is 4.63. The van der Waals surface area contributed by atoms with E-state index in [0.717, 1.165) is 5.00 Å². The first-order chi connectivity index (χ1) is 20.4. The number of piperazine rings is 1. The quantitative estimate of drug-likeness (QED) is 0.285. The van der Waals surface area contributed by atoms with Gasteiger partial charge in [0.15, 0.2) is 16.3 Å². The maximum Gasteiger partial charge on any atom is 0.410 e. The second-order valence-electron chi connectivity index (χ2n) is 10.6. The molecule has 0 atom stereocenters.